The number of rotatable bonds is 5. The van der Waals surface area contributed by atoms with Gasteiger partial charge in [0.1, 0.15) is 11.7 Å². The van der Waals surface area contributed by atoms with Gasteiger partial charge >= 0.3 is 0 Å². The molecule has 4 nitrogen and oxygen atoms in total. The van der Waals surface area contributed by atoms with E-state index in [1.165, 1.54) is 0 Å². The van der Waals surface area contributed by atoms with Gasteiger partial charge in [0.2, 0.25) is 5.91 Å². The Morgan fingerprint density at radius 2 is 1.68 bits per heavy atom. The van der Waals surface area contributed by atoms with Gasteiger partial charge in [-0.3, -0.25) is 14.4 Å². The van der Waals surface area contributed by atoms with Crippen LogP contribution >= 0.6 is 0 Å². The lowest BCUT2D eigenvalue weighted by Gasteiger charge is -2.16. The molecule has 0 aromatic heterocycles. The lowest BCUT2D eigenvalue weighted by molar-refractivity contribution is -0.128. The average Bonchev–Trinajstić information content (AvgIpc) is 2.87. The maximum Gasteiger partial charge on any atom is 0.221 e. The van der Waals surface area contributed by atoms with E-state index in [2.05, 4.69) is 5.32 Å². The van der Waals surface area contributed by atoms with Crippen molar-refractivity contribution in [1.82, 2.24) is 5.32 Å². The molecule has 2 aromatic carbocycles. The van der Waals surface area contributed by atoms with Crippen LogP contribution in [0.3, 0.4) is 0 Å². The highest BCUT2D eigenvalue weighted by atomic mass is 16.2. The monoisotopic (exact) mass is 377 g/mol. The summed E-state index contributed by atoms with van der Waals surface area (Å²) in [6, 6.07) is 11.9. The van der Waals surface area contributed by atoms with Crippen molar-refractivity contribution in [1.29, 1.82) is 0 Å². The fraction of sp³-hybridized carbons (Fsp3) is 0.375. The van der Waals surface area contributed by atoms with Gasteiger partial charge in [0.05, 0.1) is 0 Å². The van der Waals surface area contributed by atoms with Crippen molar-refractivity contribution in [3.63, 3.8) is 0 Å². The molecule has 1 N–H and O–H groups in total. The second-order valence-corrected chi connectivity index (χ2v) is 7.99. The van der Waals surface area contributed by atoms with Gasteiger partial charge < -0.3 is 5.32 Å². The zero-order chi connectivity index (χ0) is 20.4. The predicted octanol–water partition coefficient (Wildman–Crippen LogP) is 3.87. The number of carbonyl (C=O) groups is 3. The van der Waals surface area contributed by atoms with Crippen molar-refractivity contribution < 1.29 is 14.4 Å². The largest absolute Gasteiger partial charge is 0.352 e. The molecule has 2 atom stereocenters. The number of carbonyl (C=O) groups excluding carboxylic acids is 3. The molecular weight excluding hydrogens is 350 g/mol. The van der Waals surface area contributed by atoms with Gasteiger partial charge in [-0.15, -0.1) is 0 Å². The molecule has 4 heteroatoms. The normalized spacial score (nSPS) is 19.1. The number of aryl methyl sites for hydroxylation is 4. The van der Waals surface area contributed by atoms with E-state index in [1.807, 2.05) is 64.1 Å². The number of hydrogen-bond acceptors (Lipinski definition) is 3. The SMILES string of the molecule is Cc1cccc(CNC(=O)CC2CC(=O)C(c3c(C)cc(C)cc3C)C2=O)c1. The number of Topliss-reactive ketones (excluding diaryl/α,β-unsaturated/α-hetero) is 2. The standard InChI is InChI=1S/C24H27NO3/c1-14-6-5-7-18(10-14)13-25-21(27)12-19-11-20(26)23(24(19)28)22-16(3)8-15(2)9-17(22)4/h5-10,19,23H,11-13H2,1-4H3,(H,25,27). The highest BCUT2D eigenvalue weighted by Gasteiger charge is 2.43. The predicted molar refractivity (Wildman–Crippen MR) is 109 cm³/mol. The summed E-state index contributed by atoms with van der Waals surface area (Å²) in [5.41, 5.74) is 6.02. The molecule has 0 radical (unpaired) electrons. The molecule has 146 valence electrons. The number of nitrogens with one attached hydrogen (secondary N) is 1. The van der Waals surface area contributed by atoms with Crippen LogP contribution in [0.5, 0.6) is 0 Å². The summed E-state index contributed by atoms with van der Waals surface area (Å²) < 4.78 is 0. The summed E-state index contributed by atoms with van der Waals surface area (Å²) in [6.07, 6.45) is 0.213. The lowest BCUT2D eigenvalue weighted by atomic mass is 9.86. The Bertz CT molecular complexity index is 922. The van der Waals surface area contributed by atoms with E-state index in [4.69, 9.17) is 0 Å². The highest BCUT2D eigenvalue weighted by molar-refractivity contribution is 6.15. The second-order valence-electron chi connectivity index (χ2n) is 7.99. The molecule has 0 saturated heterocycles. The van der Waals surface area contributed by atoms with Crippen LogP contribution in [0.2, 0.25) is 0 Å². The highest BCUT2D eigenvalue weighted by Crippen LogP contribution is 2.37. The van der Waals surface area contributed by atoms with Gasteiger partial charge in [0.15, 0.2) is 5.78 Å². The topological polar surface area (TPSA) is 63.2 Å². The molecule has 2 aromatic rings. The van der Waals surface area contributed by atoms with Crippen molar-refractivity contribution in [2.75, 3.05) is 0 Å². The fourth-order valence-corrected chi connectivity index (χ4v) is 4.30. The third-order valence-electron chi connectivity index (χ3n) is 5.49. The summed E-state index contributed by atoms with van der Waals surface area (Å²) in [5, 5.41) is 2.87. The van der Waals surface area contributed by atoms with Crippen LogP contribution in [0.15, 0.2) is 36.4 Å². The van der Waals surface area contributed by atoms with Crippen molar-refractivity contribution in [3.05, 3.63) is 69.8 Å². The fourth-order valence-electron chi connectivity index (χ4n) is 4.30. The Balaban J connectivity index is 1.67. The summed E-state index contributed by atoms with van der Waals surface area (Å²) in [5.74, 6) is -1.64. The first kappa shape index (κ1) is 20.0. The molecule has 1 amide bonds. The molecule has 0 heterocycles. The Morgan fingerprint density at radius 3 is 2.32 bits per heavy atom. The number of amides is 1. The van der Waals surface area contributed by atoms with Crippen LogP contribution in [0, 0.1) is 33.6 Å². The maximum absolute atomic E-state index is 13.0. The van der Waals surface area contributed by atoms with Gasteiger partial charge in [-0.25, -0.2) is 0 Å². The second kappa shape index (κ2) is 8.09. The van der Waals surface area contributed by atoms with Crippen LogP contribution in [0.4, 0.5) is 0 Å². The van der Waals surface area contributed by atoms with Gasteiger partial charge in [-0.1, -0.05) is 47.5 Å². The van der Waals surface area contributed by atoms with E-state index in [0.29, 0.717) is 6.54 Å². The van der Waals surface area contributed by atoms with Gasteiger partial charge in [-0.2, -0.15) is 0 Å². The van der Waals surface area contributed by atoms with E-state index < -0.39 is 11.8 Å². The zero-order valence-corrected chi connectivity index (χ0v) is 17.0. The first-order valence-electron chi connectivity index (χ1n) is 9.72. The van der Waals surface area contributed by atoms with Gasteiger partial charge in [0.25, 0.3) is 0 Å². The molecule has 0 aliphatic heterocycles. The Hall–Kier alpha value is -2.75. The number of hydrogen-bond donors (Lipinski definition) is 1. The smallest absolute Gasteiger partial charge is 0.221 e. The summed E-state index contributed by atoms with van der Waals surface area (Å²) in [7, 11) is 0. The minimum absolute atomic E-state index is 0.0663. The maximum atomic E-state index is 13.0. The Morgan fingerprint density at radius 1 is 1.00 bits per heavy atom. The molecule has 0 spiro atoms. The van der Waals surface area contributed by atoms with E-state index in [0.717, 1.165) is 33.4 Å². The molecule has 1 saturated carbocycles. The number of ketones is 2. The summed E-state index contributed by atoms with van der Waals surface area (Å²) >= 11 is 0. The first-order valence-corrected chi connectivity index (χ1v) is 9.72. The summed E-state index contributed by atoms with van der Waals surface area (Å²) in [6.45, 7) is 8.32. The van der Waals surface area contributed by atoms with Crippen LogP contribution in [-0.2, 0) is 20.9 Å². The van der Waals surface area contributed by atoms with E-state index in [-0.39, 0.29) is 30.3 Å². The molecular formula is C24H27NO3. The van der Waals surface area contributed by atoms with E-state index >= 15 is 0 Å². The van der Waals surface area contributed by atoms with Gasteiger partial charge in [-0.05, 0) is 49.9 Å². The van der Waals surface area contributed by atoms with Gasteiger partial charge in [0, 0.05) is 25.3 Å². The lowest BCUT2D eigenvalue weighted by Crippen LogP contribution is -2.27. The molecule has 1 aliphatic carbocycles. The van der Waals surface area contributed by atoms with Crippen molar-refractivity contribution in [2.45, 2.75) is 53.0 Å². The van der Waals surface area contributed by atoms with Crippen molar-refractivity contribution in [2.24, 2.45) is 5.92 Å². The van der Waals surface area contributed by atoms with Crippen LogP contribution in [0.1, 0.15) is 52.1 Å². The Labute approximate surface area is 166 Å². The minimum atomic E-state index is -0.727. The third-order valence-corrected chi connectivity index (χ3v) is 5.49. The minimum Gasteiger partial charge on any atom is -0.352 e. The van der Waals surface area contributed by atoms with Crippen LogP contribution in [0.25, 0.3) is 0 Å². The van der Waals surface area contributed by atoms with E-state index in [1.54, 1.807) is 0 Å². The van der Waals surface area contributed by atoms with Crippen molar-refractivity contribution >= 4 is 17.5 Å². The molecule has 28 heavy (non-hydrogen) atoms. The van der Waals surface area contributed by atoms with Crippen molar-refractivity contribution in [3.8, 4) is 0 Å². The first-order chi connectivity index (χ1) is 13.3. The summed E-state index contributed by atoms with van der Waals surface area (Å²) in [4.78, 5) is 37.9. The Kier molecular flexibility index (Phi) is 5.78. The molecule has 3 rings (SSSR count). The van der Waals surface area contributed by atoms with Crippen LogP contribution in [-0.4, -0.2) is 17.5 Å². The molecule has 2 unspecified atom stereocenters. The quantitative estimate of drug-likeness (QED) is 0.805. The zero-order valence-electron chi connectivity index (χ0n) is 17.0. The van der Waals surface area contributed by atoms with Crippen LogP contribution < -0.4 is 5.32 Å². The average molecular weight is 377 g/mol. The number of benzene rings is 2. The molecule has 0 bridgehead atoms. The third kappa shape index (κ3) is 4.22. The molecule has 1 fully saturated rings. The van der Waals surface area contributed by atoms with E-state index in [9.17, 15) is 14.4 Å². The molecule has 1 aliphatic rings.